The minimum atomic E-state index is -0.702. The maximum absolute atomic E-state index is 13.2. The van der Waals surface area contributed by atoms with E-state index >= 15 is 0 Å². The van der Waals surface area contributed by atoms with Gasteiger partial charge < -0.3 is 10.1 Å². The van der Waals surface area contributed by atoms with Crippen LogP contribution in [0.25, 0.3) is 11.7 Å². The molecule has 9 heteroatoms. The summed E-state index contributed by atoms with van der Waals surface area (Å²) >= 11 is 9.31. The molecule has 0 spiro atoms. The zero-order chi connectivity index (χ0) is 23.4. The van der Waals surface area contributed by atoms with Crippen molar-refractivity contribution >= 4 is 50.8 Å². The van der Waals surface area contributed by atoms with Gasteiger partial charge in [-0.05, 0) is 60.7 Å². The number of carbonyl (C=O) groups is 1. The number of pyridine rings is 1. The van der Waals surface area contributed by atoms with Crippen LogP contribution < -0.4 is 15.6 Å². The van der Waals surface area contributed by atoms with Crippen molar-refractivity contribution in [3.8, 4) is 17.7 Å². The number of rotatable bonds is 5. The Morgan fingerprint density at radius 3 is 2.67 bits per heavy atom. The third-order valence-corrected chi connectivity index (χ3v) is 5.26. The second-order valence-electron chi connectivity index (χ2n) is 6.75. The number of nitrogens with one attached hydrogen (secondary N) is 1. The summed E-state index contributed by atoms with van der Waals surface area (Å²) in [6.07, 6.45) is 2.71. The van der Waals surface area contributed by atoms with Gasteiger partial charge >= 0.3 is 0 Å². The second-order valence-corrected chi connectivity index (χ2v) is 8.11. The average Bonchev–Trinajstić information content (AvgIpc) is 2.80. The highest BCUT2D eigenvalue weighted by atomic mass is 79.9. The summed E-state index contributed by atoms with van der Waals surface area (Å²) in [5, 5.41) is 12.7. The summed E-state index contributed by atoms with van der Waals surface area (Å²) < 4.78 is 8.03. The molecular weight excluding hydrogens is 508 g/mol. The highest BCUT2D eigenvalue weighted by molar-refractivity contribution is 9.10. The number of carbonyl (C=O) groups excluding carboxylic acids is 1. The molecule has 0 fully saturated rings. The van der Waals surface area contributed by atoms with Crippen molar-refractivity contribution < 1.29 is 9.53 Å². The van der Waals surface area contributed by atoms with Gasteiger partial charge in [0.2, 0.25) is 5.88 Å². The first kappa shape index (κ1) is 22.3. The van der Waals surface area contributed by atoms with E-state index in [9.17, 15) is 14.9 Å². The summed E-state index contributed by atoms with van der Waals surface area (Å²) in [6.45, 7) is 0. The van der Waals surface area contributed by atoms with Crippen molar-refractivity contribution in [1.82, 2.24) is 9.38 Å². The fourth-order valence-electron chi connectivity index (χ4n) is 2.96. The van der Waals surface area contributed by atoms with Crippen molar-refractivity contribution in [3.05, 3.63) is 104 Å². The van der Waals surface area contributed by atoms with Gasteiger partial charge in [-0.2, -0.15) is 10.2 Å². The molecule has 1 N–H and O–H groups in total. The lowest BCUT2D eigenvalue weighted by molar-refractivity contribution is -0.112. The number of aromatic nitrogens is 2. The molecule has 2 aromatic heterocycles. The lowest BCUT2D eigenvalue weighted by atomic mass is 10.1. The van der Waals surface area contributed by atoms with E-state index < -0.39 is 11.5 Å². The van der Waals surface area contributed by atoms with Crippen LogP contribution in [0, 0.1) is 11.3 Å². The first-order valence-corrected chi connectivity index (χ1v) is 10.8. The molecule has 4 rings (SSSR count). The molecule has 0 saturated heterocycles. The van der Waals surface area contributed by atoms with Crippen LogP contribution in [0.2, 0.25) is 5.02 Å². The largest absolute Gasteiger partial charge is 0.438 e. The maximum atomic E-state index is 13.2. The number of ether oxygens (including phenoxy) is 1. The molecule has 0 aliphatic heterocycles. The number of benzene rings is 2. The van der Waals surface area contributed by atoms with Crippen LogP contribution in [-0.2, 0) is 4.79 Å². The summed E-state index contributed by atoms with van der Waals surface area (Å²) in [4.78, 5) is 30.3. The van der Waals surface area contributed by atoms with Gasteiger partial charge in [0.25, 0.3) is 11.5 Å². The second kappa shape index (κ2) is 9.69. The van der Waals surface area contributed by atoms with E-state index in [-0.39, 0.29) is 17.0 Å². The van der Waals surface area contributed by atoms with Gasteiger partial charge in [-0.3, -0.25) is 14.0 Å². The molecule has 0 radical (unpaired) electrons. The Morgan fingerprint density at radius 1 is 1.15 bits per heavy atom. The fourth-order valence-corrected chi connectivity index (χ4v) is 3.41. The van der Waals surface area contributed by atoms with E-state index in [1.807, 2.05) is 6.07 Å². The Labute approximate surface area is 201 Å². The lowest BCUT2D eigenvalue weighted by Gasteiger charge is -2.10. The maximum Gasteiger partial charge on any atom is 0.269 e. The summed E-state index contributed by atoms with van der Waals surface area (Å²) in [5.41, 5.74) is -0.0668. The topological polar surface area (TPSA) is 96.5 Å². The highest BCUT2D eigenvalue weighted by Gasteiger charge is 2.17. The average molecular weight is 522 g/mol. The van der Waals surface area contributed by atoms with Crippen LogP contribution in [0.1, 0.15) is 5.56 Å². The van der Waals surface area contributed by atoms with Crippen LogP contribution in [0.4, 0.5) is 5.69 Å². The van der Waals surface area contributed by atoms with E-state index in [1.54, 1.807) is 72.9 Å². The molecule has 33 heavy (non-hydrogen) atoms. The molecule has 162 valence electrons. The summed E-state index contributed by atoms with van der Waals surface area (Å²) in [7, 11) is 0. The molecule has 1 amide bonds. The Hall–Kier alpha value is -3.93. The monoisotopic (exact) mass is 520 g/mol. The molecule has 2 heterocycles. The number of amides is 1. The Morgan fingerprint density at radius 2 is 1.94 bits per heavy atom. The fraction of sp³-hybridized carbons (Fsp3) is 0. The van der Waals surface area contributed by atoms with Crippen molar-refractivity contribution in [3.63, 3.8) is 0 Å². The van der Waals surface area contributed by atoms with Crippen LogP contribution in [-0.4, -0.2) is 15.3 Å². The van der Waals surface area contributed by atoms with Crippen LogP contribution in [0.5, 0.6) is 11.6 Å². The molecule has 0 unspecified atom stereocenters. The van der Waals surface area contributed by atoms with E-state index in [2.05, 4.69) is 26.2 Å². The van der Waals surface area contributed by atoms with Crippen molar-refractivity contribution in [2.45, 2.75) is 0 Å². The Balaban J connectivity index is 1.79. The van der Waals surface area contributed by atoms with Crippen molar-refractivity contribution in [1.29, 1.82) is 5.26 Å². The quantitative estimate of drug-likeness (QED) is 0.278. The van der Waals surface area contributed by atoms with Crippen molar-refractivity contribution in [2.24, 2.45) is 0 Å². The number of nitrogens with zero attached hydrogens (tertiary/aromatic N) is 3. The Bertz CT molecular complexity index is 1490. The predicted molar refractivity (Wildman–Crippen MR) is 129 cm³/mol. The molecule has 0 aliphatic carbocycles. The minimum absolute atomic E-state index is 0.0307. The van der Waals surface area contributed by atoms with E-state index in [0.29, 0.717) is 22.1 Å². The zero-order valence-corrected chi connectivity index (χ0v) is 19.2. The SMILES string of the molecule is N#CC(=Cc1c(Oc2ccc(Br)cc2)nc2ccccn2c1=O)C(=O)Nc1cccc(Cl)c1. The third kappa shape index (κ3) is 5.12. The van der Waals surface area contributed by atoms with Gasteiger partial charge in [-0.1, -0.05) is 39.7 Å². The van der Waals surface area contributed by atoms with Gasteiger partial charge in [-0.15, -0.1) is 0 Å². The summed E-state index contributed by atoms with van der Waals surface area (Å²) in [6, 6.07) is 20.3. The first-order valence-electron chi connectivity index (χ1n) is 9.58. The zero-order valence-electron chi connectivity index (χ0n) is 16.8. The number of halogens is 2. The summed E-state index contributed by atoms with van der Waals surface area (Å²) in [5.74, 6) is -0.300. The number of anilines is 1. The number of fused-ring (bicyclic) bond motifs is 1. The van der Waals surface area contributed by atoms with E-state index in [0.717, 1.165) is 4.47 Å². The van der Waals surface area contributed by atoms with Gasteiger partial charge in [-0.25, -0.2) is 0 Å². The van der Waals surface area contributed by atoms with Crippen molar-refractivity contribution in [2.75, 3.05) is 5.32 Å². The van der Waals surface area contributed by atoms with Gasteiger partial charge in [0, 0.05) is 21.4 Å². The molecule has 0 aliphatic rings. The van der Waals surface area contributed by atoms with Crippen LogP contribution in [0.3, 0.4) is 0 Å². The minimum Gasteiger partial charge on any atom is -0.438 e. The number of hydrogen-bond acceptors (Lipinski definition) is 5. The molecule has 4 aromatic rings. The van der Waals surface area contributed by atoms with Gasteiger partial charge in [0.15, 0.2) is 0 Å². The third-order valence-electron chi connectivity index (χ3n) is 4.50. The van der Waals surface area contributed by atoms with Crippen LogP contribution >= 0.6 is 27.5 Å². The standard InChI is InChI=1S/C24H14BrClN4O3/c25-16-7-9-19(10-8-16)33-23-20(24(32)30-11-2-1-6-21(30)29-23)12-15(14-27)22(31)28-18-5-3-4-17(26)13-18/h1-13H,(H,28,31). The highest BCUT2D eigenvalue weighted by Crippen LogP contribution is 2.25. The van der Waals surface area contributed by atoms with Crippen LogP contribution in [0.15, 0.2) is 87.8 Å². The normalized spacial score (nSPS) is 11.1. The smallest absolute Gasteiger partial charge is 0.269 e. The van der Waals surface area contributed by atoms with Gasteiger partial charge in [0.05, 0.1) is 0 Å². The Kier molecular flexibility index (Phi) is 6.54. The molecule has 0 saturated carbocycles. The predicted octanol–water partition coefficient (Wildman–Crippen LogP) is 5.45. The molecule has 0 atom stereocenters. The molecule has 2 aromatic carbocycles. The number of nitriles is 1. The van der Waals surface area contributed by atoms with E-state index in [4.69, 9.17) is 16.3 Å². The van der Waals surface area contributed by atoms with Gasteiger partial charge in [0.1, 0.15) is 28.6 Å². The lowest BCUT2D eigenvalue weighted by Crippen LogP contribution is -2.20. The first-order chi connectivity index (χ1) is 15.9. The number of hydrogen-bond donors (Lipinski definition) is 1. The molecule has 0 bridgehead atoms. The van der Waals surface area contributed by atoms with E-state index in [1.165, 1.54) is 10.5 Å². The molecule has 7 nitrogen and oxygen atoms in total. The molecular formula is C24H14BrClN4O3.